The van der Waals surface area contributed by atoms with E-state index in [2.05, 4.69) is 75.8 Å². The Morgan fingerprint density at radius 3 is 2.24 bits per heavy atom. The van der Waals surface area contributed by atoms with Crippen molar-refractivity contribution in [2.24, 2.45) is 11.3 Å². The van der Waals surface area contributed by atoms with Crippen molar-refractivity contribution in [3.63, 3.8) is 0 Å². The van der Waals surface area contributed by atoms with Gasteiger partial charge in [0.2, 0.25) is 11.8 Å². The molecule has 11 rings (SSSR count). The number of phenols is 1. The van der Waals surface area contributed by atoms with E-state index in [1.807, 2.05) is 12.1 Å². The van der Waals surface area contributed by atoms with Gasteiger partial charge in [-0.15, -0.1) is 0 Å². The first-order chi connectivity index (χ1) is 28.6. The molecule has 4 aromatic carbocycles. The van der Waals surface area contributed by atoms with Crippen molar-refractivity contribution in [1.29, 1.82) is 0 Å². The van der Waals surface area contributed by atoms with Crippen LogP contribution in [0.1, 0.15) is 99.8 Å². The van der Waals surface area contributed by atoms with Crippen LogP contribution in [-0.4, -0.2) is 89.5 Å². The number of aromatic hydroxyl groups is 1. The summed E-state index contributed by atoms with van der Waals surface area (Å²) in [5.74, 6) is 0.385. The highest BCUT2D eigenvalue weighted by Gasteiger charge is 2.53. The fourth-order valence-corrected chi connectivity index (χ4v) is 11.7. The van der Waals surface area contributed by atoms with Gasteiger partial charge in [-0.2, -0.15) is 0 Å². The number of hydrogen-bond donors (Lipinski definition) is 2. The number of rotatable bonds is 6. The lowest BCUT2D eigenvalue weighted by Gasteiger charge is -2.57. The number of piperidine rings is 2. The lowest BCUT2D eigenvalue weighted by Crippen LogP contribution is -2.69. The number of likely N-dealkylation sites (tertiary alicyclic amines) is 1. The third-order valence-corrected chi connectivity index (χ3v) is 14.6. The molecular formula is C48H48N4O7. The van der Waals surface area contributed by atoms with Gasteiger partial charge in [-0.05, 0) is 121 Å². The standard InChI is InChI=1S/C48H48N4O7/c53-34-11-13-36-32(20-34)8-12-35(30-4-2-1-3-5-30)43(36)31-6-9-33(10-7-31)51-18-16-47(17-19-51)23-29(24-47)25-50-26-48(27-50)28-58-40-21-37-38(22-41(40)59-48)46(57)52(45(37)56)39-14-15-42(54)49-44(39)55/h1-7,9-11,13,20-22,29,35,39,43,53H,8,12,14-19,23-28H2,(H,49,54,55)/t35-,39?,43+/m1/s1. The molecule has 11 heteroatoms. The van der Waals surface area contributed by atoms with Crippen LogP contribution in [0.15, 0.2) is 84.9 Å². The van der Waals surface area contributed by atoms with E-state index in [9.17, 15) is 24.3 Å². The first-order valence-electron chi connectivity index (χ1n) is 21.3. The van der Waals surface area contributed by atoms with E-state index in [0.29, 0.717) is 41.1 Å². The molecule has 0 bridgehead atoms. The zero-order chi connectivity index (χ0) is 40.0. The predicted molar refractivity (Wildman–Crippen MR) is 219 cm³/mol. The summed E-state index contributed by atoms with van der Waals surface area (Å²) in [6.45, 7) is 5.04. The molecule has 5 aliphatic heterocycles. The molecule has 3 saturated heterocycles. The lowest BCUT2D eigenvalue weighted by atomic mass is 9.57. The minimum atomic E-state index is -1.01. The molecule has 1 saturated carbocycles. The van der Waals surface area contributed by atoms with Gasteiger partial charge in [-0.3, -0.25) is 34.3 Å². The number of phenolic OH excluding ortho intramolecular Hbond substituents is 1. The van der Waals surface area contributed by atoms with E-state index < -0.39 is 35.3 Å². The van der Waals surface area contributed by atoms with Gasteiger partial charge in [-0.1, -0.05) is 48.5 Å². The molecule has 2 aliphatic carbocycles. The van der Waals surface area contributed by atoms with Gasteiger partial charge in [0.05, 0.1) is 11.1 Å². The number of ether oxygens (including phenoxy) is 2. The molecule has 2 spiro atoms. The highest BCUT2D eigenvalue weighted by Crippen LogP contribution is 2.54. The van der Waals surface area contributed by atoms with Crippen molar-refractivity contribution in [1.82, 2.24) is 15.1 Å². The number of nitrogens with one attached hydrogen (secondary N) is 1. The molecule has 302 valence electrons. The zero-order valence-corrected chi connectivity index (χ0v) is 33.0. The number of amides is 4. The maximum absolute atomic E-state index is 13.4. The maximum atomic E-state index is 13.4. The second kappa shape index (κ2) is 13.7. The van der Waals surface area contributed by atoms with Crippen molar-refractivity contribution in [2.45, 2.75) is 74.8 Å². The van der Waals surface area contributed by atoms with Crippen molar-refractivity contribution in [3.05, 3.63) is 118 Å². The number of carbonyl (C=O) groups is 4. The summed E-state index contributed by atoms with van der Waals surface area (Å²) in [5.41, 5.74) is 6.91. The molecule has 7 aliphatic rings. The summed E-state index contributed by atoms with van der Waals surface area (Å²) in [6.07, 6.45) is 7.15. The van der Waals surface area contributed by atoms with E-state index in [0.717, 1.165) is 50.5 Å². The fourth-order valence-electron chi connectivity index (χ4n) is 11.7. The average molecular weight is 793 g/mol. The Kier molecular flexibility index (Phi) is 8.45. The average Bonchev–Trinajstić information content (AvgIpc) is 3.46. The van der Waals surface area contributed by atoms with Crippen LogP contribution < -0.4 is 19.7 Å². The molecule has 4 aromatic rings. The fraction of sp³-hybridized carbons (Fsp3) is 0.417. The predicted octanol–water partition coefficient (Wildman–Crippen LogP) is 6.18. The number of hydrogen-bond acceptors (Lipinski definition) is 9. The summed E-state index contributed by atoms with van der Waals surface area (Å²) in [7, 11) is 0. The molecule has 4 amide bonds. The number of benzene rings is 4. The molecule has 59 heavy (non-hydrogen) atoms. The third-order valence-electron chi connectivity index (χ3n) is 14.6. The molecule has 0 aromatic heterocycles. The molecule has 2 N–H and O–H groups in total. The molecule has 1 unspecified atom stereocenters. The molecular weight excluding hydrogens is 745 g/mol. The normalized spacial score (nSPS) is 25.7. The van der Waals surface area contributed by atoms with Crippen LogP contribution >= 0.6 is 0 Å². The Labute approximate surface area is 343 Å². The number of carbonyl (C=O) groups excluding carboxylic acids is 4. The van der Waals surface area contributed by atoms with Crippen molar-refractivity contribution < 1.29 is 33.8 Å². The van der Waals surface area contributed by atoms with E-state index >= 15 is 0 Å². The summed E-state index contributed by atoms with van der Waals surface area (Å²) in [4.78, 5) is 56.8. The van der Waals surface area contributed by atoms with Crippen LogP contribution in [-0.2, 0) is 16.0 Å². The number of aryl methyl sites for hydroxylation is 1. The van der Waals surface area contributed by atoms with Gasteiger partial charge in [0.15, 0.2) is 17.1 Å². The zero-order valence-electron chi connectivity index (χ0n) is 33.0. The first-order valence-corrected chi connectivity index (χ1v) is 21.3. The van der Waals surface area contributed by atoms with E-state index in [1.165, 1.54) is 53.6 Å². The number of nitrogens with zero attached hydrogens (tertiary/aromatic N) is 3. The minimum Gasteiger partial charge on any atom is -0.508 e. The molecule has 3 atom stereocenters. The van der Waals surface area contributed by atoms with Gasteiger partial charge in [0.25, 0.3) is 11.8 Å². The molecule has 5 heterocycles. The van der Waals surface area contributed by atoms with Crippen LogP contribution in [0, 0.1) is 11.3 Å². The summed E-state index contributed by atoms with van der Waals surface area (Å²) in [5, 5.41) is 12.5. The van der Waals surface area contributed by atoms with Gasteiger partial charge < -0.3 is 19.5 Å². The summed E-state index contributed by atoms with van der Waals surface area (Å²) < 4.78 is 12.7. The minimum absolute atomic E-state index is 0.0731. The quantitative estimate of drug-likeness (QED) is 0.220. The van der Waals surface area contributed by atoms with Crippen LogP contribution in [0.3, 0.4) is 0 Å². The van der Waals surface area contributed by atoms with E-state index in [1.54, 1.807) is 12.1 Å². The molecule has 0 radical (unpaired) electrons. The molecule has 11 nitrogen and oxygen atoms in total. The number of anilines is 1. The van der Waals surface area contributed by atoms with E-state index in [4.69, 9.17) is 9.47 Å². The van der Waals surface area contributed by atoms with Crippen LogP contribution in [0.2, 0.25) is 0 Å². The van der Waals surface area contributed by atoms with Crippen molar-refractivity contribution in [3.8, 4) is 17.2 Å². The monoisotopic (exact) mass is 792 g/mol. The van der Waals surface area contributed by atoms with Crippen LogP contribution in [0.25, 0.3) is 0 Å². The summed E-state index contributed by atoms with van der Waals surface area (Å²) >= 11 is 0. The highest BCUT2D eigenvalue weighted by atomic mass is 16.6. The van der Waals surface area contributed by atoms with E-state index in [-0.39, 0.29) is 29.9 Å². The SMILES string of the molecule is O=C1CCC(N2C(=O)c3cc4c(cc3C2=O)OC2(CO4)CN(CC3CC4(CCN(c5ccc([C@@H]6c7ccc(O)cc7CC[C@@H]6c6ccccc6)cc5)CC4)C3)C2)C(=O)N1. The number of imide groups is 2. The highest BCUT2D eigenvalue weighted by molar-refractivity contribution is 6.23. The first kappa shape index (κ1) is 36.4. The number of fused-ring (bicyclic) bond motifs is 3. The van der Waals surface area contributed by atoms with Crippen LogP contribution in [0.5, 0.6) is 17.2 Å². The van der Waals surface area contributed by atoms with Gasteiger partial charge in [-0.25, -0.2) is 0 Å². The van der Waals surface area contributed by atoms with Gasteiger partial charge in [0.1, 0.15) is 18.4 Å². The largest absolute Gasteiger partial charge is 0.508 e. The Hall–Kier alpha value is -5.68. The smallest absolute Gasteiger partial charge is 0.262 e. The van der Waals surface area contributed by atoms with Crippen molar-refractivity contribution >= 4 is 29.3 Å². The second-order valence-electron chi connectivity index (χ2n) is 18.3. The third kappa shape index (κ3) is 6.19. The summed E-state index contributed by atoms with van der Waals surface area (Å²) in [6, 6.07) is 28.3. The maximum Gasteiger partial charge on any atom is 0.262 e. The molecule has 4 fully saturated rings. The van der Waals surface area contributed by atoms with Crippen LogP contribution in [0.4, 0.5) is 5.69 Å². The van der Waals surface area contributed by atoms with Crippen molar-refractivity contribution in [2.75, 3.05) is 44.2 Å². The Morgan fingerprint density at radius 1 is 0.780 bits per heavy atom. The second-order valence-corrected chi connectivity index (χ2v) is 18.3. The Bertz CT molecular complexity index is 2380. The Morgan fingerprint density at radius 2 is 1.51 bits per heavy atom. The lowest BCUT2D eigenvalue weighted by molar-refractivity contribution is -0.136. The van der Waals surface area contributed by atoms with Gasteiger partial charge in [0, 0.05) is 50.7 Å². The Balaban J connectivity index is 0.682. The van der Waals surface area contributed by atoms with Gasteiger partial charge >= 0.3 is 0 Å². The topological polar surface area (TPSA) is 129 Å².